The minimum Gasteiger partial charge on any atom is -0.508 e. The van der Waals surface area contributed by atoms with E-state index in [-0.39, 0.29) is 18.3 Å². The van der Waals surface area contributed by atoms with E-state index in [1.165, 1.54) is 0 Å². The summed E-state index contributed by atoms with van der Waals surface area (Å²) in [7, 11) is 0. The van der Waals surface area contributed by atoms with Gasteiger partial charge in [-0.3, -0.25) is 0 Å². The summed E-state index contributed by atoms with van der Waals surface area (Å²) < 4.78 is 0. The molecule has 94 valence electrons. The van der Waals surface area contributed by atoms with Crippen LogP contribution in [0.25, 0.3) is 0 Å². The molecule has 17 heavy (non-hydrogen) atoms. The van der Waals surface area contributed by atoms with Crippen molar-refractivity contribution in [1.82, 2.24) is 10.2 Å². The molecule has 1 saturated heterocycles. The van der Waals surface area contributed by atoms with Crippen molar-refractivity contribution in [2.45, 2.75) is 5.92 Å². The van der Waals surface area contributed by atoms with Gasteiger partial charge >= 0.3 is 0 Å². The highest BCUT2D eigenvalue weighted by Gasteiger charge is 2.17. The van der Waals surface area contributed by atoms with Gasteiger partial charge in [-0.2, -0.15) is 0 Å². The van der Waals surface area contributed by atoms with Crippen LogP contribution in [-0.2, 0) is 0 Å². The zero-order chi connectivity index (χ0) is 12.1. The number of rotatable bonds is 4. The Morgan fingerprint density at radius 3 is 2.71 bits per heavy atom. The number of hydrogen-bond acceptors (Lipinski definition) is 4. The highest BCUT2D eigenvalue weighted by molar-refractivity contribution is 5.30. The summed E-state index contributed by atoms with van der Waals surface area (Å²) in [5.41, 5.74) is 1.01. The molecule has 1 heterocycles. The van der Waals surface area contributed by atoms with Gasteiger partial charge < -0.3 is 20.4 Å². The summed E-state index contributed by atoms with van der Waals surface area (Å²) in [6.07, 6.45) is 0. The average Bonchev–Trinajstić information content (AvgIpc) is 2.37. The van der Waals surface area contributed by atoms with Gasteiger partial charge in [0.1, 0.15) is 5.75 Å². The van der Waals surface area contributed by atoms with Crippen molar-refractivity contribution in [2.24, 2.45) is 0 Å². The van der Waals surface area contributed by atoms with Crippen molar-refractivity contribution in [3.8, 4) is 5.75 Å². The monoisotopic (exact) mass is 236 g/mol. The molecule has 0 spiro atoms. The number of aromatic hydroxyl groups is 1. The van der Waals surface area contributed by atoms with Crippen molar-refractivity contribution in [3.63, 3.8) is 0 Å². The van der Waals surface area contributed by atoms with Crippen molar-refractivity contribution in [2.75, 3.05) is 39.3 Å². The Hall–Kier alpha value is -1.10. The maximum Gasteiger partial charge on any atom is 0.115 e. The molecule has 4 nitrogen and oxygen atoms in total. The third-order valence-corrected chi connectivity index (χ3v) is 3.25. The number of aliphatic hydroxyl groups is 1. The van der Waals surface area contributed by atoms with Gasteiger partial charge in [0, 0.05) is 38.6 Å². The van der Waals surface area contributed by atoms with E-state index in [0.717, 1.165) is 38.3 Å². The van der Waals surface area contributed by atoms with Gasteiger partial charge in [-0.15, -0.1) is 0 Å². The van der Waals surface area contributed by atoms with Gasteiger partial charge in [0.05, 0.1) is 6.61 Å². The van der Waals surface area contributed by atoms with Crippen molar-refractivity contribution < 1.29 is 10.2 Å². The van der Waals surface area contributed by atoms with Crippen molar-refractivity contribution >= 4 is 0 Å². The molecule has 1 aliphatic heterocycles. The molecule has 0 saturated carbocycles. The molecule has 3 N–H and O–H groups in total. The fourth-order valence-corrected chi connectivity index (χ4v) is 2.25. The zero-order valence-electron chi connectivity index (χ0n) is 9.97. The molecule has 0 bridgehead atoms. The summed E-state index contributed by atoms with van der Waals surface area (Å²) in [5.74, 6) is 0.349. The van der Waals surface area contributed by atoms with Crippen LogP contribution in [0.2, 0.25) is 0 Å². The molecule has 1 unspecified atom stereocenters. The molecule has 0 aliphatic carbocycles. The smallest absolute Gasteiger partial charge is 0.115 e. The Labute approximate surface area is 102 Å². The maximum atomic E-state index is 9.48. The lowest BCUT2D eigenvalue weighted by Crippen LogP contribution is -2.45. The quantitative estimate of drug-likeness (QED) is 0.707. The Kier molecular flexibility index (Phi) is 4.36. The van der Waals surface area contributed by atoms with E-state index in [9.17, 15) is 10.2 Å². The number of phenols is 1. The second-order valence-electron chi connectivity index (χ2n) is 4.53. The largest absolute Gasteiger partial charge is 0.508 e. The molecule has 0 aromatic heterocycles. The predicted molar refractivity (Wildman–Crippen MR) is 67.2 cm³/mol. The first-order valence-electron chi connectivity index (χ1n) is 6.12. The van der Waals surface area contributed by atoms with E-state index in [4.69, 9.17) is 0 Å². The first kappa shape index (κ1) is 12.4. The number of benzene rings is 1. The molecule has 0 radical (unpaired) electrons. The van der Waals surface area contributed by atoms with Crippen LogP contribution in [0.3, 0.4) is 0 Å². The summed E-state index contributed by atoms with van der Waals surface area (Å²) in [6.45, 7) is 5.04. The van der Waals surface area contributed by atoms with E-state index in [1.54, 1.807) is 12.1 Å². The molecular formula is C13H20N2O2. The zero-order valence-corrected chi connectivity index (χ0v) is 9.97. The van der Waals surface area contributed by atoms with E-state index >= 15 is 0 Å². The number of hydrogen-bond donors (Lipinski definition) is 3. The normalized spacial score (nSPS) is 19.1. The van der Waals surface area contributed by atoms with Gasteiger partial charge in [-0.05, 0) is 17.7 Å². The van der Waals surface area contributed by atoms with Crippen LogP contribution >= 0.6 is 0 Å². The number of aliphatic hydroxyl groups excluding tert-OH is 1. The van der Waals surface area contributed by atoms with Gasteiger partial charge in [-0.1, -0.05) is 12.1 Å². The van der Waals surface area contributed by atoms with Gasteiger partial charge in [0.25, 0.3) is 0 Å². The number of piperazine rings is 1. The number of nitrogens with zero attached hydrogens (tertiary/aromatic N) is 1. The first-order valence-corrected chi connectivity index (χ1v) is 6.12. The molecule has 1 aliphatic rings. The first-order chi connectivity index (χ1) is 8.29. The molecular weight excluding hydrogens is 216 g/mol. The summed E-state index contributed by atoms with van der Waals surface area (Å²) in [6, 6.07) is 7.18. The number of nitrogens with one attached hydrogen (secondary N) is 1. The SMILES string of the molecule is OCC(CN1CCNCC1)c1cccc(O)c1. The minimum atomic E-state index is 0.0835. The second-order valence-corrected chi connectivity index (χ2v) is 4.53. The molecule has 1 atom stereocenters. The Morgan fingerprint density at radius 1 is 1.29 bits per heavy atom. The van der Waals surface area contributed by atoms with Crippen LogP contribution in [0.5, 0.6) is 5.75 Å². The lowest BCUT2D eigenvalue weighted by atomic mass is 9.99. The second kappa shape index (κ2) is 6.00. The van der Waals surface area contributed by atoms with E-state index in [1.807, 2.05) is 12.1 Å². The molecule has 4 heteroatoms. The van der Waals surface area contributed by atoms with Crippen LogP contribution in [0, 0.1) is 0 Å². The lowest BCUT2D eigenvalue weighted by Gasteiger charge is -2.30. The Bertz CT molecular complexity index is 351. The molecule has 2 rings (SSSR count). The van der Waals surface area contributed by atoms with E-state index < -0.39 is 0 Å². The van der Waals surface area contributed by atoms with Crippen LogP contribution in [0.1, 0.15) is 11.5 Å². The van der Waals surface area contributed by atoms with Crippen LogP contribution < -0.4 is 5.32 Å². The highest BCUT2D eigenvalue weighted by Crippen LogP contribution is 2.21. The van der Waals surface area contributed by atoms with E-state index in [0.29, 0.717) is 0 Å². The van der Waals surface area contributed by atoms with Gasteiger partial charge in [0.2, 0.25) is 0 Å². The summed E-state index contributed by atoms with van der Waals surface area (Å²) in [5, 5.41) is 22.2. The molecule has 0 amide bonds. The van der Waals surface area contributed by atoms with Crippen LogP contribution in [0.15, 0.2) is 24.3 Å². The third-order valence-electron chi connectivity index (χ3n) is 3.25. The van der Waals surface area contributed by atoms with Gasteiger partial charge in [0.15, 0.2) is 0 Å². The average molecular weight is 236 g/mol. The molecule has 1 fully saturated rings. The fraction of sp³-hybridized carbons (Fsp3) is 0.538. The van der Waals surface area contributed by atoms with Crippen LogP contribution in [0.4, 0.5) is 0 Å². The van der Waals surface area contributed by atoms with Crippen LogP contribution in [-0.4, -0.2) is 54.4 Å². The van der Waals surface area contributed by atoms with Crippen molar-refractivity contribution in [3.05, 3.63) is 29.8 Å². The Morgan fingerprint density at radius 2 is 2.06 bits per heavy atom. The Balaban J connectivity index is 2.00. The fourth-order valence-electron chi connectivity index (χ4n) is 2.25. The minimum absolute atomic E-state index is 0.0835. The van der Waals surface area contributed by atoms with Crippen molar-refractivity contribution in [1.29, 1.82) is 0 Å². The highest BCUT2D eigenvalue weighted by atomic mass is 16.3. The lowest BCUT2D eigenvalue weighted by molar-refractivity contribution is 0.185. The standard InChI is InChI=1S/C13H20N2O2/c16-10-12(9-15-6-4-14-5-7-15)11-2-1-3-13(17)8-11/h1-3,8,12,14,16-17H,4-7,9-10H2. The summed E-state index contributed by atoms with van der Waals surface area (Å²) in [4.78, 5) is 2.35. The van der Waals surface area contributed by atoms with Gasteiger partial charge in [-0.25, -0.2) is 0 Å². The topological polar surface area (TPSA) is 55.7 Å². The molecule has 1 aromatic carbocycles. The maximum absolute atomic E-state index is 9.48. The van der Waals surface area contributed by atoms with E-state index in [2.05, 4.69) is 10.2 Å². The predicted octanol–water partition coefficient (Wildman–Crippen LogP) is 0.373. The number of phenolic OH excluding ortho intramolecular Hbond substituents is 1. The third kappa shape index (κ3) is 3.43. The summed E-state index contributed by atoms with van der Waals surface area (Å²) >= 11 is 0. The molecule has 1 aromatic rings.